The normalized spacial score (nSPS) is 19.5. The van der Waals surface area contributed by atoms with Gasteiger partial charge in [-0.15, -0.1) is 0 Å². The molecule has 0 bridgehead atoms. The Morgan fingerprint density at radius 1 is 1.00 bits per heavy atom. The van der Waals surface area contributed by atoms with E-state index in [0.717, 1.165) is 0 Å². The van der Waals surface area contributed by atoms with Crippen LogP contribution in [0.15, 0.2) is 0 Å². The van der Waals surface area contributed by atoms with Crippen molar-refractivity contribution in [1.82, 2.24) is 10.2 Å². The minimum absolute atomic E-state index is 0.640. The van der Waals surface area contributed by atoms with Crippen LogP contribution in [0.1, 0.15) is 65.7 Å². The summed E-state index contributed by atoms with van der Waals surface area (Å²) in [4.78, 5) is 2.66. The third kappa shape index (κ3) is 5.27. The van der Waals surface area contributed by atoms with Crippen molar-refractivity contribution in [2.45, 2.75) is 65.7 Å². The van der Waals surface area contributed by atoms with Crippen molar-refractivity contribution in [1.29, 1.82) is 0 Å². The molecule has 2 heteroatoms. The summed E-state index contributed by atoms with van der Waals surface area (Å²) in [5.41, 5.74) is 0.640. The molecule has 0 aromatic heterocycles. The van der Waals surface area contributed by atoms with E-state index in [0.29, 0.717) is 5.41 Å². The number of nitrogens with zero attached hydrogens (tertiary/aromatic N) is 1. The molecule has 2 nitrogen and oxygen atoms in total. The molecule has 1 fully saturated rings. The highest BCUT2D eigenvalue weighted by Gasteiger charge is 2.34. The third-order valence-electron chi connectivity index (χ3n) is 4.83. The van der Waals surface area contributed by atoms with Crippen LogP contribution in [0.5, 0.6) is 0 Å². The van der Waals surface area contributed by atoms with E-state index in [-0.39, 0.29) is 0 Å². The zero-order valence-electron chi connectivity index (χ0n) is 12.9. The summed E-state index contributed by atoms with van der Waals surface area (Å²) in [7, 11) is 0. The van der Waals surface area contributed by atoms with Gasteiger partial charge in [0.05, 0.1) is 0 Å². The fourth-order valence-corrected chi connectivity index (χ4v) is 3.08. The lowest BCUT2D eigenvalue weighted by molar-refractivity contribution is 0.240. The Morgan fingerprint density at radius 3 is 2.39 bits per heavy atom. The van der Waals surface area contributed by atoms with Crippen LogP contribution < -0.4 is 5.32 Å². The molecule has 0 amide bonds. The van der Waals surface area contributed by atoms with Gasteiger partial charge in [-0.2, -0.15) is 0 Å². The number of likely N-dealkylation sites (tertiary alicyclic amines) is 1. The molecule has 0 aliphatic carbocycles. The highest BCUT2D eigenvalue weighted by Crippen LogP contribution is 2.36. The van der Waals surface area contributed by atoms with Crippen molar-refractivity contribution < 1.29 is 0 Å². The summed E-state index contributed by atoms with van der Waals surface area (Å²) in [5.74, 6) is 0. The van der Waals surface area contributed by atoms with Crippen LogP contribution in [-0.2, 0) is 0 Å². The summed E-state index contributed by atoms with van der Waals surface area (Å²) in [5, 5.41) is 3.59. The van der Waals surface area contributed by atoms with E-state index in [9.17, 15) is 0 Å². The smallest absolute Gasteiger partial charge is 0.0107 e. The largest absolute Gasteiger partial charge is 0.315 e. The van der Waals surface area contributed by atoms with Crippen LogP contribution in [0, 0.1) is 5.41 Å². The Kier molecular flexibility index (Phi) is 7.92. The van der Waals surface area contributed by atoms with Gasteiger partial charge in [0.25, 0.3) is 0 Å². The van der Waals surface area contributed by atoms with Crippen molar-refractivity contribution >= 4 is 0 Å². The number of unbranched alkanes of at least 4 members (excludes halogenated alkanes) is 3. The van der Waals surface area contributed by atoms with Gasteiger partial charge in [0.1, 0.15) is 0 Å². The SMILES string of the molecule is CCCCCCNCCN1CCC(CC)(CC)C1. The Labute approximate surface area is 115 Å². The van der Waals surface area contributed by atoms with Gasteiger partial charge in [-0.1, -0.05) is 40.0 Å². The molecule has 0 atom stereocenters. The zero-order valence-corrected chi connectivity index (χ0v) is 12.9. The lowest BCUT2D eigenvalue weighted by Crippen LogP contribution is -2.33. The van der Waals surface area contributed by atoms with E-state index in [4.69, 9.17) is 0 Å². The van der Waals surface area contributed by atoms with Gasteiger partial charge >= 0.3 is 0 Å². The van der Waals surface area contributed by atoms with Crippen LogP contribution in [0.3, 0.4) is 0 Å². The van der Waals surface area contributed by atoms with Crippen molar-refractivity contribution in [3.63, 3.8) is 0 Å². The average Bonchev–Trinajstić information content (AvgIpc) is 2.82. The predicted molar refractivity (Wildman–Crippen MR) is 81.1 cm³/mol. The summed E-state index contributed by atoms with van der Waals surface area (Å²) in [6, 6.07) is 0. The molecular formula is C16H34N2. The quantitative estimate of drug-likeness (QED) is 0.598. The van der Waals surface area contributed by atoms with Gasteiger partial charge in [0, 0.05) is 19.6 Å². The van der Waals surface area contributed by atoms with Crippen molar-refractivity contribution in [2.75, 3.05) is 32.7 Å². The molecule has 1 N–H and O–H groups in total. The Bertz CT molecular complexity index is 199. The van der Waals surface area contributed by atoms with Gasteiger partial charge in [-0.3, -0.25) is 0 Å². The first-order valence-corrected chi connectivity index (χ1v) is 8.19. The standard InChI is InChI=1S/C16H34N2/c1-4-7-8-9-11-17-12-14-18-13-10-16(5-2,6-3)15-18/h17H,4-15H2,1-3H3. The van der Waals surface area contributed by atoms with Crippen LogP contribution in [0.2, 0.25) is 0 Å². The number of nitrogens with one attached hydrogen (secondary N) is 1. The molecule has 0 radical (unpaired) electrons. The minimum atomic E-state index is 0.640. The first-order chi connectivity index (χ1) is 8.76. The summed E-state index contributed by atoms with van der Waals surface area (Å²) < 4.78 is 0. The van der Waals surface area contributed by atoms with Gasteiger partial charge < -0.3 is 10.2 Å². The van der Waals surface area contributed by atoms with Crippen molar-refractivity contribution in [2.24, 2.45) is 5.41 Å². The highest BCUT2D eigenvalue weighted by molar-refractivity contribution is 4.87. The summed E-state index contributed by atoms with van der Waals surface area (Å²) in [6.07, 6.45) is 9.59. The maximum absolute atomic E-state index is 3.59. The molecule has 0 aromatic carbocycles. The highest BCUT2D eigenvalue weighted by atomic mass is 15.2. The van der Waals surface area contributed by atoms with Gasteiger partial charge in [0.2, 0.25) is 0 Å². The molecule has 0 aromatic rings. The second-order valence-electron chi connectivity index (χ2n) is 6.04. The van der Waals surface area contributed by atoms with Crippen molar-refractivity contribution in [3.05, 3.63) is 0 Å². The molecule has 0 spiro atoms. The fraction of sp³-hybridized carbons (Fsp3) is 1.00. The van der Waals surface area contributed by atoms with E-state index in [1.54, 1.807) is 0 Å². The third-order valence-corrected chi connectivity index (χ3v) is 4.83. The Hall–Kier alpha value is -0.0800. The first kappa shape index (κ1) is 16.0. The lowest BCUT2D eigenvalue weighted by atomic mass is 9.82. The van der Waals surface area contributed by atoms with E-state index in [1.807, 2.05) is 0 Å². The van der Waals surface area contributed by atoms with E-state index >= 15 is 0 Å². The van der Waals surface area contributed by atoms with Gasteiger partial charge in [0.15, 0.2) is 0 Å². The second-order valence-corrected chi connectivity index (χ2v) is 6.04. The fourth-order valence-electron chi connectivity index (χ4n) is 3.08. The molecule has 0 saturated carbocycles. The molecule has 1 heterocycles. The molecule has 108 valence electrons. The second kappa shape index (κ2) is 8.92. The van der Waals surface area contributed by atoms with Gasteiger partial charge in [-0.05, 0) is 44.2 Å². The van der Waals surface area contributed by atoms with Crippen LogP contribution in [-0.4, -0.2) is 37.6 Å². The number of hydrogen-bond donors (Lipinski definition) is 1. The van der Waals surface area contributed by atoms with Crippen LogP contribution >= 0.6 is 0 Å². The van der Waals surface area contributed by atoms with E-state index in [1.165, 1.54) is 77.7 Å². The molecule has 1 aliphatic rings. The van der Waals surface area contributed by atoms with Crippen molar-refractivity contribution in [3.8, 4) is 0 Å². The molecule has 0 unspecified atom stereocenters. The first-order valence-electron chi connectivity index (χ1n) is 8.19. The van der Waals surface area contributed by atoms with Crippen LogP contribution in [0.4, 0.5) is 0 Å². The zero-order chi connectivity index (χ0) is 13.3. The topological polar surface area (TPSA) is 15.3 Å². The van der Waals surface area contributed by atoms with Gasteiger partial charge in [-0.25, -0.2) is 0 Å². The summed E-state index contributed by atoms with van der Waals surface area (Å²) in [6.45, 7) is 13.3. The Morgan fingerprint density at radius 2 is 1.78 bits per heavy atom. The van der Waals surface area contributed by atoms with Crippen LogP contribution in [0.25, 0.3) is 0 Å². The molecule has 1 aliphatic heterocycles. The molecular weight excluding hydrogens is 220 g/mol. The average molecular weight is 254 g/mol. The predicted octanol–water partition coefficient (Wildman–Crippen LogP) is 3.67. The van der Waals surface area contributed by atoms with E-state index < -0.39 is 0 Å². The minimum Gasteiger partial charge on any atom is -0.315 e. The molecule has 1 rings (SSSR count). The maximum Gasteiger partial charge on any atom is 0.0107 e. The monoisotopic (exact) mass is 254 g/mol. The Balaban J connectivity index is 2.01. The molecule has 18 heavy (non-hydrogen) atoms. The number of rotatable bonds is 10. The number of hydrogen-bond acceptors (Lipinski definition) is 2. The van der Waals surface area contributed by atoms with E-state index in [2.05, 4.69) is 31.0 Å². The lowest BCUT2D eigenvalue weighted by Gasteiger charge is -2.26. The summed E-state index contributed by atoms with van der Waals surface area (Å²) >= 11 is 0. The molecule has 1 saturated heterocycles. The maximum atomic E-state index is 3.59.